The van der Waals surface area contributed by atoms with Crippen LogP contribution in [-0.4, -0.2) is 29.8 Å². The summed E-state index contributed by atoms with van der Waals surface area (Å²) in [5.41, 5.74) is 2.27. The van der Waals surface area contributed by atoms with Gasteiger partial charge >= 0.3 is 0 Å². The van der Waals surface area contributed by atoms with E-state index in [9.17, 15) is 9.59 Å². The second-order valence-electron chi connectivity index (χ2n) is 5.68. The van der Waals surface area contributed by atoms with Crippen molar-refractivity contribution >= 4 is 11.8 Å². The van der Waals surface area contributed by atoms with E-state index in [0.717, 1.165) is 24.8 Å². The van der Waals surface area contributed by atoms with Crippen LogP contribution < -0.4 is 5.32 Å². The highest BCUT2D eigenvalue weighted by molar-refractivity contribution is 5.95. The molecule has 4 heteroatoms. The average molecular weight is 284 g/mol. The van der Waals surface area contributed by atoms with Crippen molar-refractivity contribution in [2.24, 2.45) is 0 Å². The molecule has 21 heavy (non-hydrogen) atoms. The van der Waals surface area contributed by atoms with Crippen molar-refractivity contribution < 1.29 is 9.59 Å². The lowest BCUT2D eigenvalue weighted by Crippen LogP contribution is -2.53. The van der Waals surface area contributed by atoms with Gasteiger partial charge in [0.25, 0.3) is 0 Å². The third-order valence-electron chi connectivity index (χ3n) is 4.17. The highest BCUT2D eigenvalue weighted by Crippen LogP contribution is 2.23. The average Bonchev–Trinajstić information content (AvgIpc) is 3.02. The summed E-state index contributed by atoms with van der Waals surface area (Å²) >= 11 is 0. The molecule has 1 unspecified atom stereocenters. The first kappa shape index (κ1) is 13.9. The normalized spacial score (nSPS) is 22.2. The van der Waals surface area contributed by atoms with Gasteiger partial charge in [-0.1, -0.05) is 42.0 Å². The largest absolute Gasteiger partial charge is 0.339 e. The molecule has 4 nitrogen and oxygen atoms in total. The van der Waals surface area contributed by atoms with Gasteiger partial charge in [-0.15, -0.1) is 0 Å². The maximum Gasteiger partial charge on any atom is 0.250 e. The van der Waals surface area contributed by atoms with E-state index in [1.807, 2.05) is 30.3 Å². The zero-order chi connectivity index (χ0) is 14.7. The van der Waals surface area contributed by atoms with Gasteiger partial charge in [-0.25, -0.2) is 0 Å². The Morgan fingerprint density at radius 1 is 1.19 bits per heavy atom. The minimum atomic E-state index is -0.537. The molecule has 3 rings (SSSR count). The third kappa shape index (κ3) is 3.15. The van der Waals surface area contributed by atoms with Crippen molar-refractivity contribution in [1.29, 1.82) is 0 Å². The fourth-order valence-corrected chi connectivity index (χ4v) is 3.01. The van der Waals surface area contributed by atoms with Gasteiger partial charge in [0.05, 0.1) is 6.54 Å². The number of amides is 2. The summed E-state index contributed by atoms with van der Waals surface area (Å²) in [5, 5.41) is 2.80. The monoisotopic (exact) mass is 284 g/mol. The van der Waals surface area contributed by atoms with Crippen LogP contribution in [0.2, 0.25) is 0 Å². The van der Waals surface area contributed by atoms with Crippen LogP contribution in [0, 0.1) is 0 Å². The smallest absolute Gasteiger partial charge is 0.250 e. The summed E-state index contributed by atoms with van der Waals surface area (Å²) in [5.74, 6) is -0.0803. The Labute approximate surface area is 124 Å². The number of piperazine rings is 1. The fourth-order valence-electron chi connectivity index (χ4n) is 3.01. The topological polar surface area (TPSA) is 49.4 Å². The molecular formula is C17H20N2O2. The Hall–Kier alpha value is -2.10. The second kappa shape index (κ2) is 6.12. The lowest BCUT2D eigenvalue weighted by atomic mass is 10.0. The minimum Gasteiger partial charge on any atom is -0.339 e. The number of benzene rings is 1. The van der Waals surface area contributed by atoms with E-state index in [4.69, 9.17) is 0 Å². The van der Waals surface area contributed by atoms with Crippen LogP contribution in [0.25, 0.3) is 0 Å². The van der Waals surface area contributed by atoms with Crippen LogP contribution in [0.1, 0.15) is 37.3 Å². The predicted molar refractivity (Wildman–Crippen MR) is 80.5 cm³/mol. The summed E-state index contributed by atoms with van der Waals surface area (Å²) in [6.07, 6.45) is 6.66. The summed E-state index contributed by atoms with van der Waals surface area (Å²) in [6.45, 7) is 0.816. The van der Waals surface area contributed by atoms with Crippen molar-refractivity contribution in [3.05, 3.63) is 47.5 Å². The van der Waals surface area contributed by atoms with E-state index in [1.54, 1.807) is 4.90 Å². The zero-order valence-corrected chi connectivity index (χ0v) is 12.0. The van der Waals surface area contributed by atoms with Gasteiger partial charge in [-0.05, 0) is 31.2 Å². The van der Waals surface area contributed by atoms with Crippen molar-refractivity contribution in [3.63, 3.8) is 0 Å². The van der Waals surface area contributed by atoms with Crippen LogP contribution >= 0.6 is 0 Å². The lowest BCUT2D eigenvalue weighted by Gasteiger charge is -2.32. The number of nitrogens with one attached hydrogen (secondary N) is 1. The molecule has 0 saturated carbocycles. The first-order valence-electron chi connectivity index (χ1n) is 7.55. The first-order chi connectivity index (χ1) is 10.2. The van der Waals surface area contributed by atoms with Crippen LogP contribution in [-0.2, 0) is 9.59 Å². The Morgan fingerprint density at radius 3 is 2.71 bits per heavy atom. The van der Waals surface area contributed by atoms with Gasteiger partial charge in [0.15, 0.2) is 0 Å². The number of carbonyl (C=O) groups excluding carboxylic acids is 2. The van der Waals surface area contributed by atoms with Crippen molar-refractivity contribution in [1.82, 2.24) is 10.2 Å². The van der Waals surface area contributed by atoms with E-state index in [0.29, 0.717) is 6.54 Å². The number of rotatable bonds is 4. The zero-order valence-electron chi connectivity index (χ0n) is 12.0. The molecule has 0 aromatic heterocycles. The summed E-state index contributed by atoms with van der Waals surface area (Å²) in [6, 6.07) is 8.90. The molecule has 110 valence electrons. The van der Waals surface area contributed by atoms with Gasteiger partial charge in [0, 0.05) is 6.54 Å². The van der Waals surface area contributed by atoms with E-state index in [-0.39, 0.29) is 18.4 Å². The number of hydrogen-bond acceptors (Lipinski definition) is 2. The minimum absolute atomic E-state index is 0.000558. The molecule has 0 radical (unpaired) electrons. The molecule has 0 spiro atoms. The summed E-state index contributed by atoms with van der Waals surface area (Å²) in [4.78, 5) is 26.1. The molecule has 1 aliphatic carbocycles. The molecule has 1 N–H and O–H groups in total. The number of hydrogen-bond donors (Lipinski definition) is 1. The third-order valence-corrected chi connectivity index (χ3v) is 4.17. The summed E-state index contributed by atoms with van der Waals surface area (Å²) < 4.78 is 0. The van der Waals surface area contributed by atoms with Gasteiger partial charge < -0.3 is 10.2 Å². The van der Waals surface area contributed by atoms with E-state index in [1.165, 1.54) is 12.0 Å². The molecule has 1 aliphatic heterocycles. The molecular weight excluding hydrogens is 264 g/mol. The standard InChI is InChI=1S/C17H20N2O2/c20-15-12-19(11-10-13-6-4-5-7-13)17(21)16(18-15)14-8-2-1-3-9-14/h1-3,6,8-9,16H,4-5,7,10-12H2,(H,18,20). The molecule has 1 aromatic carbocycles. The SMILES string of the molecule is O=C1CN(CCC2=CCCC2)C(=O)C(c2ccccc2)N1. The van der Waals surface area contributed by atoms with E-state index >= 15 is 0 Å². The van der Waals surface area contributed by atoms with Crippen LogP contribution in [0.4, 0.5) is 0 Å². The van der Waals surface area contributed by atoms with Crippen molar-refractivity contribution in [2.45, 2.75) is 31.7 Å². The predicted octanol–water partition coefficient (Wildman–Crippen LogP) is 2.19. The summed E-state index contributed by atoms with van der Waals surface area (Å²) in [7, 11) is 0. The van der Waals surface area contributed by atoms with Crippen LogP contribution in [0.3, 0.4) is 0 Å². The quantitative estimate of drug-likeness (QED) is 0.862. The Balaban J connectivity index is 1.69. The van der Waals surface area contributed by atoms with Gasteiger partial charge in [0.1, 0.15) is 6.04 Å². The van der Waals surface area contributed by atoms with Gasteiger partial charge in [-0.3, -0.25) is 9.59 Å². The molecule has 2 aliphatic rings. The molecule has 1 aromatic rings. The highest BCUT2D eigenvalue weighted by atomic mass is 16.2. The molecule has 1 saturated heterocycles. The molecule has 1 atom stereocenters. The molecule has 1 fully saturated rings. The maximum absolute atomic E-state index is 12.6. The van der Waals surface area contributed by atoms with Crippen molar-refractivity contribution in [2.75, 3.05) is 13.1 Å². The Kier molecular flexibility index (Phi) is 4.04. The number of nitrogens with zero attached hydrogens (tertiary/aromatic N) is 1. The van der Waals surface area contributed by atoms with Gasteiger partial charge in [-0.2, -0.15) is 0 Å². The van der Waals surface area contributed by atoms with E-state index < -0.39 is 6.04 Å². The maximum atomic E-state index is 12.6. The lowest BCUT2D eigenvalue weighted by molar-refractivity contribution is -0.144. The number of carbonyl (C=O) groups is 2. The highest BCUT2D eigenvalue weighted by Gasteiger charge is 2.33. The van der Waals surface area contributed by atoms with Crippen molar-refractivity contribution in [3.8, 4) is 0 Å². The van der Waals surface area contributed by atoms with E-state index in [2.05, 4.69) is 11.4 Å². The Morgan fingerprint density at radius 2 is 2.00 bits per heavy atom. The second-order valence-corrected chi connectivity index (χ2v) is 5.68. The molecule has 0 bridgehead atoms. The number of allylic oxidation sites excluding steroid dienone is 1. The Bertz CT molecular complexity index is 565. The first-order valence-corrected chi connectivity index (χ1v) is 7.55. The molecule has 1 heterocycles. The van der Waals surface area contributed by atoms with Crippen LogP contribution in [0.15, 0.2) is 42.0 Å². The van der Waals surface area contributed by atoms with Gasteiger partial charge in [0.2, 0.25) is 11.8 Å². The fraction of sp³-hybridized carbons (Fsp3) is 0.412. The molecule has 2 amide bonds. The van der Waals surface area contributed by atoms with Crippen LogP contribution in [0.5, 0.6) is 0 Å².